The van der Waals surface area contributed by atoms with E-state index in [-0.39, 0.29) is 24.9 Å². The summed E-state index contributed by atoms with van der Waals surface area (Å²) in [6.45, 7) is 2.73. The van der Waals surface area contributed by atoms with Crippen molar-refractivity contribution in [3.8, 4) is 5.75 Å². The van der Waals surface area contributed by atoms with Gasteiger partial charge in [0.05, 0.1) is 12.9 Å². The molecular formula is C18H28N2O4S. The summed E-state index contributed by atoms with van der Waals surface area (Å²) in [6.07, 6.45) is 6.40. The Kier molecular flexibility index (Phi) is 7.25. The Hall–Kier alpha value is -1.60. The molecule has 0 aromatic heterocycles. The van der Waals surface area contributed by atoms with E-state index in [4.69, 9.17) is 4.74 Å². The molecule has 0 bridgehead atoms. The fourth-order valence-electron chi connectivity index (χ4n) is 3.22. The predicted octanol–water partition coefficient (Wildman–Crippen LogP) is 3.01. The number of carbonyl (C=O) groups is 1. The number of nitrogens with one attached hydrogen (secondary N) is 1. The van der Waals surface area contributed by atoms with Crippen molar-refractivity contribution in [1.29, 1.82) is 0 Å². The zero-order valence-corrected chi connectivity index (χ0v) is 15.8. The number of anilines is 1. The molecule has 0 heterocycles. The Morgan fingerprint density at radius 2 is 1.84 bits per heavy atom. The van der Waals surface area contributed by atoms with Gasteiger partial charge in [0.25, 0.3) is 0 Å². The van der Waals surface area contributed by atoms with Gasteiger partial charge in [-0.15, -0.1) is 0 Å². The average Bonchev–Trinajstić information content (AvgIpc) is 2.57. The minimum absolute atomic E-state index is 0.0297. The topological polar surface area (TPSA) is 75.7 Å². The van der Waals surface area contributed by atoms with Gasteiger partial charge in [0.1, 0.15) is 5.75 Å². The summed E-state index contributed by atoms with van der Waals surface area (Å²) in [5, 5.41) is 2.80. The zero-order chi connectivity index (χ0) is 18.3. The highest BCUT2D eigenvalue weighted by molar-refractivity contribution is 7.88. The molecule has 7 heteroatoms. The van der Waals surface area contributed by atoms with Crippen LogP contribution in [0, 0.1) is 0 Å². The summed E-state index contributed by atoms with van der Waals surface area (Å²) in [5.74, 6) is 0.565. The highest BCUT2D eigenvalue weighted by atomic mass is 32.2. The van der Waals surface area contributed by atoms with Gasteiger partial charge in [-0.2, -0.15) is 4.31 Å². The molecule has 1 N–H and O–H groups in total. The van der Waals surface area contributed by atoms with E-state index in [0.29, 0.717) is 12.3 Å². The SMILES string of the molecule is CCOc1ccc(NC(=O)CCN(C2CCCCC2)S(C)(=O)=O)cc1. The molecule has 0 spiro atoms. The minimum Gasteiger partial charge on any atom is -0.494 e. The summed E-state index contributed by atoms with van der Waals surface area (Å²) in [7, 11) is -3.31. The standard InChI is InChI=1S/C18H28N2O4S/c1-3-24-17-11-9-15(10-12-17)19-18(21)13-14-20(25(2,22)23)16-7-5-4-6-8-16/h9-12,16H,3-8,13-14H2,1-2H3,(H,19,21). The molecule has 0 unspecified atom stereocenters. The highest BCUT2D eigenvalue weighted by Crippen LogP contribution is 2.24. The third-order valence-electron chi connectivity index (χ3n) is 4.42. The number of nitrogens with zero attached hydrogens (tertiary/aromatic N) is 1. The van der Waals surface area contributed by atoms with E-state index in [0.717, 1.165) is 37.9 Å². The second-order valence-corrected chi connectivity index (χ2v) is 8.36. The number of hydrogen-bond donors (Lipinski definition) is 1. The molecule has 1 aromatic rings. The van der Waals surface area contributed by atoms with E-state index in [9.17, 15) is 13.2 Å². The largest absolute Gasteiger partial charge is 0.494 e. The minimum atomic E-state index is -3.31. The monoisotopic (exact) mass is 368 g/mol. The summed E-state index contributed by atoms with van der Waals surface area (Å²) in [4.78, 5) is 12.2. The number of rotatable bonds is 8. The van der Waals surface area contributed by atoms with E-state index in [2.05, 4.69) is 5.32 Å². The van der Waals surface area contributed by atoms with Crippen molar-refractivity contribution in [3.05, 3.63) is 24.3 Å². The van der Waals surface area contributed by atoms with Crippen LogP contribution in [0.4, 0.5) is 5.69 Å². The Bertz CT molecular complexity index is 652. The molecule has 1 aliphatic rings. The van der Waals surface area contributed by atoms with Gasteiger partial charge >= 0.3 is 0 Å². The van der Waals surface area contributed by atoms with Gasteiger partial charge in [-0.05, 0) is 44.0 Å². The number of hydrogen-bond acceptors (Lipinski definition) is 4. The number of sulfonamides is 1. The first-order chi connectivity index (χ1) is 11.9. The second kappa shape index (κ2) is 9.20. The molecule has 1 aromatic carbocycles. The Morgan fingerprint density at radius 1 is 1.20 bits per heavy atom. The van der Waals surface area contributed by atoms with Crippen LogP contribution in [-0.4, -0.2) is 44.1 Å². The Labute approximate surface area is 150 Å². The smallest absolute Gasteiger partial charge is 0.225 e. The van der Waals surface area contributed by atoms with Crippen LogP contribution in [0.25, 0.3) is 0 Å². The van der Waals surface area contributed by atoms with Crippen molar-refractivity contribution in [3.63, 3.8) is 0 Å². The summed E-state index contributed by atoms with van der Waals surface area (Å²) in [6, 6.07) is 7.17. The normalized spacial score (nSPS) is 16.0. The lowest BCUT2D eigenvalue weighted by molar-refractivity contribution is -0.116. The number of carbonyl (C=O) groups excluding carboxylic acids is 1. The van der Waals surface area contributed by atoms with Crippen molar-refractivity contribution in [2.45, 2.75) is 51.5 Å². The summed E-state index contributed by atoms with van der Waals surface area (Å²) < 4.78 is 31.0. The molecule has 0 aliphatic heterocycles. The van der Waals surface area contributed by atoms with Crippen molar-refractivity contribution < 1.29 is 17.9 Å². The lowest BCUT2D eigenvalue weighted by atomic mass is 9.95. The van der Waals surface area contributed by atoms with Crippen LogP contribution in [0.5, 0.6) is 5.75 Å². The van der Waals surface area contributed by atoms with Crippen molar-refractivity contribution in [2.24, 2.45) is 0 Å². The number of benzene rings is 1. The maximum atomic E-state index is 12.2. The summed E-state index contributed by atoms with van der Waals surface area (Å²) >= 11 is 0. The molecule has 1 amide bonds. The maximum Gasteiger partial charge on any atom is 0.225 e. The quantitative estimate of drug-likeness (QED) is 0.765. The van der Waals surface area contributed by atoms with Gasteiger partial charge in [-0.25, -0.2) is 8.42 Å². The highest BCUT2D eigenvalue weighted by Gasteiger charge is 2.28. The van der Waals surface area contributed by atoms with Crippen LogP contribution in [0.3, 0.4) is 0 Å². The first kappa shape index (κ1) is 19.7. The molecule has 0 saturated heterocycles. The van der Waals surface area contributed by atoms with Crippen LogP contribution >= 0.6 is 0 Å². The molecule has 140 valence electrons. The number of ether oxygens (including phenoxy) is 1. The van der Waals surface area contributed by atoms with E-state index in [1.165, 1.54) is 10.6 Å². The third kappa shape index (κ3) is 6.32. The van der Waals surface area contributed by atoms with Gasteiger partial charge in [-0.1, -0.05) is 19.3 Å². The zero-order valence-electron chi connectivity index (χ0n) is 15.0. The van der Waals surface area contributed by atoms with E-state index in [1.54, 1.807) is 24.3 Å². The maximum absolute atomic E-state index is 12.2. The first-order valence-corrected chi connectivity index (χ1v) is 10.7. The fourth-order valence-corrected chi connectivity index (χ4v) is 4.40. The first-order valence-electron chi connectivity index (χ1n) is 8.89. The summed E-state index contributed by atoms with van der Waals surface area (Å²) in [5.41, 5.74) is 0.678. The van der Waals surface area contributed by atoms with Gasteiger partial charge < -0.3 is 10.1 Å². The van der Waals surface area contributed by atoms with E-state index < -0.39 is 10.0 Å². The molecule has 0 atom stereocenters. The van der Waals surface area contributed by atoms with Crippen LogP contribution < -0.4 is 10.1 Å². The Balaban J connectivity index is 1.89. The van der Waals surface area contributed by atoms with E-state index in [1.807, 2.05) is 6.92 Å². The molecule has 25 heavy (non-hydrogen) atoms. The van der Waals surface area contributed by atoms with Crippen LogP contribution in [0.1, 0.15) is 45.4 Å². The molecular weight excluding hydrogens is 340 g/mol. The van der Waals surface area contributed by atoms with Gasteiger partial charge in [0, 0.05) is 24.7 Å². The molecule has 6 nitrogen and oxygen atoms in total. The van der Waals surface area contributed by atoms with Gasteiger partial charge in [0.2, 0.25) is 15.9 Å². The lowest BCUT2D eigenvalue weighted by Gasteiger charge is -2.32. The molecule has 2 rings (SSSR count). The molecule has 1 aliphatic carbocycles. The van der Waals surface area contributed by atoms with Crippen LogP contribution in [0.2, 0.25) is 0 Å². The van der Waals surface area contributed by atoms with Crippen LogP contribution in [-0.2, 0) is 14.8 Å². The molecule has 1 saturated carbocycles. The molecule has 1 fully saturated rings. The van der Waals surface area contributed by atoms with Crippen molar-refractivity contribution >= 4 is 21.6 Å². The predicted molar refractivity (Wildman–Crippen MR) is 99.3 cm³/mol. The average molecular weight is 368 g/mol. The third-order valence-corrected chi connectivity index (χ3v) is 5.75. The van der Waals surface area contributed by atoms with Crippen LogP contribution in [0.15, 0.2) is 24.3 Å². The number of amides is 1. The van der Waals surface area contributed by atoms with Gasteiger partial charge in [0.15, 0.2) is 0 Å². The lowest BCUT2D eigenvalue weighted by Crippen LogP contribution is -2.42. The van der Waals surface area contributed by atoms with Gasteiger partial charge in [-0.3, -0.25) is 4.79 Å². The van der Waals surface area contributed by atoms with Crippen molar-refractivity contribution in [2.75, 3.05) is 24.7 Å². The second-order valence-electron chi connectivity index (χ2n) is 6.42. The fraction of sp³-hybridized carbons (Fsp3) is 0.611. The van der Waals surface area contributed by atoms with E-state index >= 15 is 0 Å². The van der Waals surface area contributed by atoms with Crippen molar-refractivity contribution in [1.82, 2.24) is 4.31 Å². The molecule has 0 radical (unpaired) electrons. The Morgan fingerprint density at radius 3 is 2.40 bits per heavy atom.